The Bertz CT molecular complexity index is 907. The Kier molecular flexibility index (Phi) is 4.21. The molecule has 1 aromatic carbocycles. The molecule has 0 radical (unpaired) electrons. The number of aryl methyl sites for hydroxylation is 1. The van der Waals surface area contributed by atoms with Crippen LogP contribution in [0.1, 0.15) is 29.2 Å². The Morgan fingerprint density at radius 3 is 2.76 bits per heavy atom. The van der Waals surface area contributed by atoms with E-state index in [2.05, 4.69) is 15.2 Å². The highest BCUT2D eigenvalue weighted by atomic mass is 35.5. The normalized spacial score (nSPS) is 15.8. The van der Waals surface area contributed by atoms with Crippen molar-refractivity contribution < 1.29 is 4.79 Å². The molecular formula is C18H20ClN5O. The first-order valence-electron chi connectivity index (χ1n) is 8.52. The first-order chi connectivity index (χ1) is 12.1. The van der Waals surface area contributed by atoms with E-state index in [4.69, 9.17) is 11.6 Å². The van der Waals surface area contributed by atoms with Crippen molar-refractivity contribution in [3.63, 3.8) is 0 Å². The lowest BCUT2D eigenvalue weighted by molar-refractivity contribution is 0.0684. The minimum absolute atomic E-state index is 0.0155. The molecule has 1 fully saturated rings. The monoisotopic (exact) mass is 357 g/mol. The van der Waals surface area contributed by atoms with Gasteiger partial charge in [0, 0.05) is 37.5 Å². The number of hydrogen-bond donors (Lipinski definition) is 1. The Morgan fingerprint density at radius 1 is 1.32 bits per heavy atom. The van der Waals surface area contributed by atoms with Crippen LogP contribution >= 0.6 is 11.6 Å². The summed E-state index contributed by atoms with van der Waals surface area (Å²) in [6.07, 6.45) is 4.57. The summed E-state index contributed by atoms with van der Waals surface area (Å²) in [5.41, 5.74) is 1.39. The summed E-state index contributed by atoms with van der Waals surface area (Å²) in [5.74, 6) is 1.52. The largest absolute Gasteiger partial charge is 0.349 e. The van der Waals surface area contributed by atoms with Crippen LogP contribution in [-0.4, -0.2) is 43.6 Å². The van der Waals surface area contributed by atoms with Gasteiger partial charge < -0.3 is 14.5 Å². The second kappa shape index (κ2) is 6.52. The minimum Gasteiger partial charge on any atom is -0.349 e. The summed E-state index contributed by atoms with van der Waals surface area (Å²) in [5, 5.41) is 9.50. The zero-order chi connectivity index (χ0) is 17.4. The summed E-state index contributed by atoms with van der Waals surface area (Å²) < 4.78 is 1.96. The van der Waals surface area contributed by atoms with Gasteiger partial charge >= 0.3 is 0 Å². The van der Waals surface area contributed by atoms with E-state index in [0.29, 0.717) is 16.6 Å². The van der Waals surface area contributed by atoms with Gasteiger partial charge in [0.05, 0.1) is 5.02 Å². The lowest BCUT2D eigenvalue weighted by atomic mass is 9.93. The molecule has 1 N–H and O–H groups in total. The number of aromatic amines is 1. The summed E-state index contributed by atoms with van der Waals surface area (Å²) in [6, 6.07) is 7.72. The highest BCUT2D eigenvalue weighted by Gasteiger charge is 2.27. The fourth-order valence-corrected chi connectivity index (χ4v) is 3.80. The molecular weight excluding hydrogens is 338 g/mol. The number of benzene rings is 1. The third-order valence-electron chi connectivity index (χ3n) is 5.03. The van der Waals surface area contributed by atoms with Crippen molar-refractivity contribution in [2.45, 2.75) is 19.3 Å². The fraction of sp³-hybridized carbons (Fsp3) is 0.389. The SMILES string of the molecule is Cn1cnnc1CC1CCN(C(=O)c2[nH]c3ccccc3c2Cl)CC1. The van der Waals surface area contributed by atoms with Crippen molar-refractivity contribution in [2.24, 2.45) is 13.0 Å². The first-order valence-corrected chi connectivity index (χ1v) is 8.89. The van der Waals surface area contributed by atoms with Gasteiger partial charge in [-0.05, 0) is 24.8 Å². The molecule has 1 saturated heterocycles. The van der Waals surface area contributed by atoms with Crippen molar-refractivity contribution in [2.75, 3.05) is 13.1 Å². The van der Waals surface area contributed by atoms with Gasteiger partial charge in [0.2, 0.25) is 0 Å². The number of carbonyl (C=O) groups is 1. The quantitative estimate of drug-likeness (QED) is 0.783. The number of nitrogens with one attached hydrogen (secondary N) is 1. The number of nitrogens with zero attached hydrogens (tertiary/aromatic N) is 4. The molecule has 4 rings (SSSR count). The smallest absolute Gasteiger partial charge is 0.271 e. The number of rotatable bonds is 3. The standard InChI is InChI=1S/C18H20ClN5O/c1-23-11-20-22-15(23)10-12-6-8-24(9-7-12)18(25)17-16(19)13-4-2-3-5-14(13)21-17/h2-5,11-12,21H,6-10H2,1H3. The van der Waals surface area contributed by atoms with Gasteiger partial charge in [0.1, 0.15) is 17.8 Å². The van der Waals surface area contributed by atoms with Gasteiger partial charge in [-0.25, -0.2) is 0 Å². The van der Waals surface area contributed by atoms with E-state index in [1.807, 2.05) is 40.8 Å². The van der Waals surface area contributed by atoms with Crippen LogP contribution in [0, 0.1) is 5.92 Å². The number of halogens is 1. The lowest BCUT2D eigenvalue weighted by Crippen LogP contribution is -2.39. The summed E-state index contributed by atoms with van der Waals surface area (Å²) in [4.78, 5) is 17.9. The molecule has 0 saturated carbocycles. The number of piperidine rings is 1. The molecule has 7 heteroatoms. The summed E-state index contributed by atoms with van der Waals surface area (Å²) >= 11 is 6.42. The van der Waals surface area contributed by atoms with Crippen molar-refractivity contribution in [1.29, 1.82) is 0 Å². The van der Waals surface area contributed by atoms with E-state index in [1.165, 1.54) is 0 Å². The topological polar surface area (TPSA) is 66.8 Å². The maximum atomic E-state index is 12.9. The van der Waals surface area contributed by atoms with E-state index in [0.717, 1.165) is 49.1 Å². The lowest BCUT2D eigenvalue weighted by Gasteiger charge is -2.31. The van der Waals surface area contributed by atoms with Crippen molar-refractivity contribution in [3.8, 4) is 0 Å². The Morgan fingerprint density at radius 2 is 2.08 bits per heavy atom. The molecule has 0 atom stereocenters. The number of fused-ring (bicyclic) bond motifs is 1. The average molecular weight is 358 g/mol. The molecule has 0 spiro atoms. The van der Waals surface area contributed by atoms with E-state index in [9.17, 15) is 4.79 Å². The Hall–Kier alpha value is -2.34. The van der Waals surface area contributed by atoms with Gasteiger partial charge in [0.25, 0.3) is 5.91 Å². The van der Waals surface area contributed by atoms with Gasteiger partial charge in [-0.3, -0.25) is 4.79 Å². The van der Waals surface area contributed by atoms with Crippen LogP contribution in [0.15, 0.2) is 30.6 Å². The second-order valence-corrected chi connectivity index (χ2v) is 7.04. The van der Waals surface area contributed by atoms with Gasteiger partial charge in [0.15, 0.2) is 0 Å². The zero-order valence-corrected chi connectivity index (χ0v) is 14.8. The molecule has 6 nitrogen and oxygen atoms in total. The number of H-pyrrole nitrogens is 1. The number of amides is 1. The predicted octanol–water partition coefficient (Wildman–Crippen LogP) is 3.04. The number of hydrogen-bond acceptors (Lipinski definition) is 3. The van der Waals surface area contributed by atoms with Crippen LogP contribution in [0.2, 0.25) is 5.02 Å². The van der Waals surface area contributed by atoms with Crippen LogP contribution in [-0.2, 0) is 13.5 Å². The van der Waals surface area contributed by atoms with Crippen molar-refractivity contribution >= 4 is 28.4 Å². The molecule has 1 aliphatic rings. The maximum absolute atomic E-state index is 12.9. The minimum atomic E-state index is -0.0155. The Balaban J connectivity index is 1.44. The number of carbonyl (C=O) groups excluding carboxylic acids is 1. The Labute approximate surface area is 150 Å². The van der Waals surface area contributed by atoms with Crippen LogP contribution in [0.5, 0.6) is 0 Å². The van der Waals surface area contributed by atoms with E-state index in [1.54, 1.807) is 6.33 Å². The third-order valence-corrected chi connectivity index (χ3v) is 5.43. The van der Waals surface area contributed by atoms with Crippen LogP contribution < -0.4 is 0 Å². The molecule has 25 heavy (non-hydrogen) atoms. The average Bonchev–Trinajstić information content (AvgIpc) is 3.19. The maximum Gasteiger partial charge on any atom is 0.271 e. The molecule has 1 aliphatic heterocycles. The third kappa shape index (κ3) is 3.02. The van der Waals surface area contributed by atoms with Crippen LogP contribution in [0.25, 0.3) is 10.9 Å². The number of aromatic nitrogens is 4. The fourth-order valence-electron chi connectivity index (χ4n) is 3.50. The predicted molar refractivity (Wildman–Crippen MR) is 96.6 cm³/mol. The zero-order valence-electron chi connectivity index (χ0n) is 14.1. The molecule has 3 heterocycles. The number of likely N-dealkylation sites (tertiary alicyclic amines) is 1. The summed E-state index contributed by atoms with van der Waals surface area (Å²) in [6.45, 7) is 1.49. The molecule has 130 valence electrons. The highest BCUT2D eigenvalue weighted by Crippen LogP contribution is 2.29. The van der Waals surface area contributed by atoms with Gasteiger partial charge in [-0.1, -0.05) is 29.8 Å². The van der Waals surface area contributed by atoms with E-state index in [-0.39, 0.29) is 5.91 Å². The van der Waals surface area contributed by atoms with Crippen molar-refractivity contribution in [3.05, 3.63) is 47.1 Å². The highest BCUT2D eigenvalue weighted by molar-refractivity contribution is 6.38. The molecule has 2 aromatic heterocycles. The van der Waals surface area contributed by atoms with Crippen molar-refractivity contribution in [1.82, 2.24) is 24.6 Å². The summed E-state index contributed by atoms with van der Waals surface area (Å²) in [7, 11) is 1.96. The van der Waals surface area contributed by atoms with E-state index < -0.39 is 0 Å². The molecule has 0 unspecified atom stereocenters. The van der Waals surface area contributed by atoms with E-state index >= 15 is 0 Å². The molecule has 0 aliphatic carbocycles. The second-order valence-electron chi connectivity index (χ2n) is 6.66. The van der Waals surface area contributed by atoms with Gasteiger partial charge in [-0.15, -0.1) is 10.2 Å². The molecule has 1 amide bonds. The van der Waals surface area contributed by atoms with Crippen LogP contribution in [0.3, 0.4) is 0 Å². The molecule has 3 aromatic rings. The van der Waals surface area contributed by atoms with Crippen LogP contribution in [0.4, 0.5) is 0 Å². The number of para-hydroxylation sites is 1. The molecule has 0 bridgehead atoms. The first kappa shape index (κ1) is 16.1. The van der Waals surface area contributed by atoms with Gasteiger partial charge in [-0.2, -0.15) is 0 Å².